The largest absolute Gasteiger partial charge is 0.484 e. The summed E-state index contributed by atoms with van der Waals surface area (Å²) in [5, 5.41) is 2.92. The Morgan fingerprint density at radius 3 is 2.25 bits per heavy atom. The first-order valence-electron chi connectivity index (χ1n) is 8.41. The molecule has 3 heteroatoms. The molecule has 0 aliphatic rings. The second-order valence-electron chi connectivity index (χ2n) is 7.18. The standard InChI is InChI=1S/C21H27NO2/c1-16(17-8-6-5-7-9-17)14-22-20(23)15-24-19-12-10-18(11-13-19)21(2,3)4/h5-13,16H,14-15H2,1-4H3,(H,22,23)/t16-/m0/s1. The van der Waals surface area contributed by atoms with E-state index in [4.69, 9.17) is 4.74 Å². The lowest BCUT2D eigenvalue weighted by molar-refractivity contribution is -0.123. The van der Waals surface area contributed by atoms with E-state index in [1.165, 1.54) is 11.1 Å². The van der Waals surface area contributed by atoms with Gasteiger partial charge in [-0.25, -0.2) is 0 Å². The highest BCUT2D eigenvalue weighted by molar-refractivity contribution is 5.77. The average molecular weight is 325 g/mol. The van der Waals surface area contributed by atoms with Gasteiger partial charge < -0.3 is 10.1 Å². The van der Waals surface area contributed by atoms with Crippen molar-refractivity contribution in [1.29, 1.82) is 0 Å². The molecule has 0 radical (unpaired) electrons. The van der Waals surface area contributed by atoms with Crippen molar-refractivity contribution in [2.45, 2.75) is 39.0 Å². The molecule has 3 nitrogen and oxygen atoms in total. The molecule has 0 aliphatic heterocycles. The highest BCUT2D eigenvalue weighted by Crippen LogP contribution is 2.24. The first-order valence-corrected chi connectivity index (χ1v) is 8.41. The molecule has 128 valence electrons. The normalized spacial score (nSPS) is 12.5. The molecule has 24 heavy (non-hydrogen) atoms. The summed E-state index contributed by atoms with van der Waals surface area (Å²) in [5.74, 6) is 0.896. The molecule has 0 saturated carbocycles. The van der Waals surface area contributed by atoms with E-state index >= 15 is 0 Å². The van der Waals surface area contributed by atoms with Gasteiger partial charge in [-0.3, -0.25) is 4.79 Å². The zero-order chi connectivity index (χ0) is 17.6. The Bertz CT molecular complexity index is 642. The Labute approximate surface area is 145 Å². The molecule has 0 heterocycles. The molecule has 0 saturated heterocycles. The molecule has 1 atom stereocenters. The van der Waals surface area contributed by atoms with E-state index in [9.17, 15) is 4.79 Å². The van der Waals surface area contributed by atoms with E-state index in [1.807, 2.05) is 42.5 Å². The second kappa shape index (κ2) is 8.00. The van der Waals surface area contributed by atoms with E-state index in [0.717, 1.165) is 0 Å². The summed E-state index contributed by atoms with van der Waals surface area (Å²) in [4.78, 5) is 11.9. The van der Waals surface area contributed by atoms with Crippen molar-refractivity contribution in [2.24, 2.45) is 0 Å². The van der Waals surface area contributed by atoms with Crippen molar-refractivity contribution in [2.75, 3.05) is 13.2 Å². The molecule has 0 bridgehead atoms. The van der Waals surface area contributed by atoms with Crippen LogP contribution in [0.15, 0.2) is 54.6 Å². The monoisotopic (exact) mass is 325 g/mol. The lowest BCUT2D eigenvalue weighted by Crippen LogP contribution is -2.31. The van der Waals surface area contributed by atoms with Crippen molar-refractivity contribution >= 4 is 5.91 Å². The lowest BCUT2D eigenvalue weighted by Gasteiger charge is -2.19. The summed E-state index contributed by atoms with van der Waals surface area (Å²) in [6.07, 6.45) is 0. The topological polar surface area (TPSA) is 38.3 Å². The molecular weight excluding hydrogens is 298 g/mol. The van der Waals surface area contributed by atoms with Crippen LogP contribution >= 0.6 is 0 Å². The first kappa shape index (κ1) is 18.1. The lowest BCUT2D eigenvalue weighted by atomic mass is 9.87. The molecule has 0 spiro atoms. The van der Waals surface area contributed by atoms with Gasteiger partial charge in [-0.2, -0.15) is 0 Å². The fraction of sp³-hybridized carbons (Fsp3) is 0.381. The number of carbonyl (C=O) groups is 1. The third kappa shape index (κ3) is 5.41. The minimum absolute atomic E-state index is 0.0381. The summed E-state index contributed by atoms with van der Waals surface area (Å²) in [5.41, 5.74) is 2.58. The number of rotatable bonds is 6. The third-order valence-electron chi connectivity index (χ3n) is 4.06. The molecule has 0 aliphatic carbocycles. The van der Waals surface area contributed by atoms with Gasteiger partial charge in [0.15, 0.2) is 6.61 Å². The van der Waals surface area contributed by atoms with E-state index in [2.05, 4.69) is 45.1 Å². The van der Waals surface area contributed by atoms with Gasteiger partial charge >= 0.3 is 0 Å². The molecule has 0 unspecified atom stereocenters. The molecule has 0 fully saturated rings. The third-order valence-corrected chi connectivity index (χ3v) is 4.06. The molecule has 1 N–H and O–H groups in total. The first-order chi connectivity index (χ1) is 11.4. The minimum Gasteiger partial charge on any atom is -0.484 e. The van der Waals surface area contributed by atoms with Crippen LogP contribution in [-0.4, -0.2) is 19.1 Å². The van der Waals surface area contributed by atoms with Crippen LogP contribution in [0, 0.1) is 0 Å². The van der Waals surface area contributed by atoms with Crippen molar-refractivity contribution in [3.05, 3.63) is 65.7 Å². The van der Waals surface area contributed by atoms with Gasteiger partial charge in [-0.15, -0.1) is 0 Å². The molecule has 1 amide bonds. The van der Waals surface area contributed by atoms with Gasteiger partial charge in [0.25, 0.3) is 5.91 Å². The van der Waals surface area contributed by atoms with Gasteiger partial charge in [-0.1, -0.05) is 70.2 Å². The molecule has 2 rings (SSSR count). The Morgan fingerprint density at radius 1 is 1.04 bits per heavy atom. The summed E-state index contributed by atoms with van der Waals surface area (Å²) in [7, 11) is 0. The fourth-order valence-electron chi connectivity index (χ4n) is 2.42. The van der Waals surface area contributed by atoms with Gasteiger partial charge in [0.05, 0.1) is 0 Å². The van der Waals surface area contributed by atoms with Gasteiger partial charge in [0.1, 0.15) is 5.75 Å². The van der Waals surface area contributed by atoms with Crippen LogP contribution in [-0.2, 0) is 10.2 Å². The highest BCUT2D eigenvalue weighted by atomic mass is 16.5. The zero-order valence-electron chi connectivity index (χ0n) is 15.0. The summed E-state index contributed by atoms with van der Waals surface area (Å²) >= 11 is 0. The average Bonchev–Trinajstić information content (AvgIpc) is 2.58. The van der Waals surface area contributed by atoms with Gasteiger partial charge in [-0.05, 0) is 34.6 Å². The van der Waals surface area contributed by atoms with Crippen LogP contribution < -0.4 is 10.1 Å². The summed E-state index contributed by atoms with van der Waals surface area (Å²) in [6.45, 7) is 9.26. The smallest absolute Gasteiger partial charge is 0.257 e. The number of hydrogen-bond acceptors (Lipinski definition) is 2. The predicted octanol–water partition coefficient (Wildman–Crippen LogP) is 4.28. The Balaban J connectivity index is 1.77. The number of nitrogens with one attached hydrogen (secondary N) is 1. The van der Waals surface area contributed by atoms with Crippen molar-refractivity contribution in [1.82, 2.24) is 5.32 Å². The number of benzene rings is 2. The van der Waals surface area contributed by atoms with Crippen LogP contribution in [0.25, 0.3) is 0 Å². The summed E-state index contributed by atoms with van der Waals surface area (Å²) in [6, 6.07) is 18.1. The Morgan fingerprint density at radius 2 is 1.67 bits per heavy atom. The van der Waals surface area contributed by atoms with Crippen LogP contribution in [0.1, 0.15) is 44.7 Å². The van der Waals surface area contributed by atoms with Crippen molar-refractivity contribution < 1.29 is 9.53 Å². The van der Waals surface area contributed by atoms with Gasteiger partial charge in [0, 0.05) is 6.54 Å². The summed E-state index contributed by atoms with van der Waals surface area (Å²) < 4.78 is 5.56. The number of hydrogen-bond donors (Lipinski definition) is 1. The van der Waals surface area contributed by atoms with Crippen molar-refractivity contribution in [3.63, 3.8) is 0 Å². The van der Waals surface area contributed by atoms with E-state index in [1.54, 1.807) is 0 Å². The Kier molecular flexibility index (Phi) is 6.02. The van der Waals surface area contributed by atoms with E-state index in [-0.39, 0.29) is 23.8 Å². The maximum Gasteiger partial charge on any atom is 0.257 e. The van der Waals surface area contributed by atoms with Crippen LogP contribution in [0.2, 0.25) is 0 Å². The SMILES string of the molecule is C[C@@H](CNC(=O)COc1ccc(C(C)(C)C)cc1)c1ccccc1. The number of ether oxygens (including phenoxy) is 1. The zero-order valence-corrected chi connectivity index (χ0v) is 15.0. The van der Waals surface area contributed by atoms with E-state index < -0.39 is 0 Å². The quantitative estimate of drug-likeness (QED) is 0.861. The fourth-order valence-corrected chi connectivity index (χ4v) is 2.42. The number of carbonyl (C=O) groups excluding carboxylic acids is 1. The Hall–Kier alpha value is -2.29. The number of amides is 1. The maximum absolute atomic E-state index is 11.9. The maximum atomic E-state index is 11.9. The second-order valence-corrected chi connectivity index (χ2v) is 7.18. The molecular formula is C21H27NO2. The molecule has 2 aromatic carbocycles. The predicted molar refractivity (Wildman–Crippen MR) is 98.5 cm³/mol. The minimum atomic E-state index is -0.0994. The molecule has 0 aromatic heterocycles. The van der Waals surface area contributed by atoms with Crippen LogP contribution in [0.5, 0.6) is 5.75 Å². The van der Waals surface area contributed by atoms with Crippen LogP contribution in [0.4, 0.5) is 0 Å². The highest BCUT2D eigenvalue weighted by Gasteiger charge is 2.13. The van der Waals surface area contributed by atoms with Gasteiger partial charge in [0.2, 0.25) is 0 Å². The molecule has 2 aromatic rings. The van der Waals surface area contributed by atoms with Crippen LogP contribution in [0.3, 0.4) is 0 Å². The van der Waals surface area contributed by atoms with E-state index in [0.29, 0.717) is 12.3 Å². The van der Waals surface area contributed by atoms with Crippen molar-refractivity contribution in [3.8, 4) is 5.75 Å².